The molecule has 23 heavy (non-hydrogen) atoms. The number of rotatable bonds is 5. The van der Waals surface area contributed by atoms with E-state index in [-0.39, 0.29) is 5.91 Å². The quantitative estimate of drug-likeness (QED) is 0.733. The Kier molecular flexibility index (Phi) is 3.69. The van der Waals surface area contributed by atoms with Crippen LogP contribution in [0.2, 0.25) is 0 Å². The maximum Gasteiger partial charge on any atom is 0.230 e. The van der Waals surface area contributed by atoms with Crippen LogP contribution in [0.5, 0.6) is 0 Å². The average molecular weight is 326 g/mol. The summed E-state index contributed by atoms with van der Waals surface area (Å²) in [6.07, 6.45) is 2.49. The molecule has 4 rings (SSSR count). The Bertz CT molecular complexity index is 885. The molecule has 0 bridgehead atoms. The maximum absolute atomic E-state index is 11.9. The molecular formula is C17H18N4OS. The maximum atomic E-state index is 11.9. The normalized spacial score (nSPS) is 14.5. The summed E-state index contributed by atoms with van der Waals surface area (Å²) in [5.74, 6) is 1.13. The van der Waals surface area contributed by atoms with Crippen LogP contribution in [0.4, 0.5) is 0 Å². The van der Waals surface area contributed by atoms with Crippen molar-refractivity contribution in [1.82, 2.24) is 19.9 Å². The molecule has 1 fully saturated rings. The third kappa shape index (κ3) is 2.91. The number of hydrogen-bond donors (Lipinski definition) is 1. The fraction of sp³-hybridized carbons (Fsp3) is 0.353. The molecule has 1 saturated carbocycles. The molecule has 3 aromatic rings. The second-order valence-electron chi connectivity index (χ2n) is 6.06. The third-order valence-electron chi connectivity index (χ3n) is 4.19. The van der Waals surface area contributed by atoms with Crippen molar-refractivity contribution >= 4 is 34.2 Å². The van der Waals surface area contributed by atoms with Gasteiger partial charge in [0.25, 0.3) is 0 Å². The van der Waals surface area contributed by atoms with Crippen LogP contribution < -0.4 is 5.32 Å². The number of carbonyl (C=O) groups excluding carboxylic acids is 1. The van der Waals surface area contributed by atoms with Crippen molar-refractivity contribution in [3.05, 3.63) is 35.9 Å². The SMILES string of the molecule is Cc1cc2nnc(SCC(=O)NCC3CC3)n2c2ccccc12. The van der Waals surface area contributed by atoms with Gasteiger partial charge in [-0.1, -0.05) is 30.0 Å². The van der Waals surface area contributed by atoms with Gasteiger partial charge in [-0.15, -0.1) is 10.2 Å². The highest BCUT2D eigenvalue weighted by Gasteiger charge is 2.21. The van der Waals surface area contributed by atoms with E-state index in [4.69, 9.17) is 0 Å². The Labute approximate surface area is 138 Å². The van der Waals surface area contributed by atoms with Crippen LogP contribution in [-0.4, -0.2) is 32.8 Å². The third-order valence-corrected chi connectivity index (χ3v) is 5.12. The van der Waals surface area contributed by atoms with Gasteiger partial charge in [-0.2, -0.15) is 0 Å². The van der Waals surface area contributed by atoms with E-state index in [1.165, 1.54) is 35.6 Å². The zero-order chi connectivity index (χ0) is 15.8. The van der Waals surface area contributed by atoms with Crippen molar-refractivity contribution in [3.8, 4) is 0 Å². The molecule has 1 N–H and O–H groups in total. The van der Waals surface area contributed by atoms with Gasteiger partial charge >= 0.3 is 0 Å². The van der Waals surface area contributed by atoms with Gasteiger partial charge in [0.05, 0.1) is 11.3 Å². The first kappa shape index (κ1) is 14.5. The van der Waals surface area contributed by atoms with E-state index in [0.717, 1.165) is 22.9 Å². The van der Waals surface area contributed by atoms with E-state index in [1.807, 2.05) is 22.6 Å². The Hall–Kier alpha value is -2.08. The summed E-state index contributed by atoms with van der Waals surface area (Å²) in [5.41, 5.74) is 3.08. The molecule has 1 aromatic carbocycles. The van der Waals surface area contributed by atoms with Gasteiger partial charge in [0, 0.05) is 11.9 Å². The van der Waals surface area contributed by atoms with Gasteiger partial charge in [0.15, 0.2) is 10.8 Å². The van der Waals surface area contributed by atoms with Crippen molar-refractivity contribution in [2.75, 3.05) is 12.3 Å². The number of nitrogens with zero attached hydrogens (tertiary/aromatic N) is 3. The molecule has 1 aliphatic rings. The number of hydrogen-bond acceptors (Lipinski definition) is 4. The van der Waals surface area contributed by atoms with Gasteiger partial charge in [-0.25, -0.2) is 0 Å². The summed E-state index contributed by atoms with van der Waals surface area (Å²) in [4.78, 5) is 11.9. The van der Waals surface area contributed by atoms with E-state index in [0.29, 0.717) is 11.7 Å². The molecule has 0 saturated heterocycles. The molecule has 2 aromatic heterocycles. The number of aromatic nitrogens is 3. The lowest BCUT2D eigenvalue weighted by Crippen LogP contribution is -2.27. The Balaban J connectivity index is 1.59. The van der Waals surface area contributed by atoms with Crippen LogP contribution >= 0.6 is 11.8 Å². The number of fused-ring (bicyclic) bond motifs is 3. The zero-order valence-corrected chi connectivity index (χ0v) is 13.8. The van der Waals surface area contributed by atoms with E-state index in [1.54, 1.807) is 0 Å². The Morgan fingerprint density at radius 2 is 2.17 bits per heavy atom. The molecule has 0 radical (unpaired) electrons. The van der Waals surface area contributed by atoms with Crippen molar-refractivity contribution < 1.29 is 4.79 Å². The van der Waals surface area contributed by atoms with E-state index < -0.39 is 0 Å². The smallest absolute Gasteiger partial charge is 0.230 e. The van der Waals surface area contributed by atoms with Crippen LogP contribution in [0.15, 0.2) is 35.5 Å². The van der Waals surface area contributed by atoms with Gasteiger partial charge < -0.3 is 5.32 Å². The van der Waals surface area contributed by atoms with Crippen molar-refractivity contribution in [2.45, 2.75) is 24.9 Å². The van der Waals surface area contributed by atoms with Crippen LogP contribution in [0, 0.1) is 12.8 Å². The van der Waals surface area contributed by atoms with Gasteiger partial charge in [0.2, 0.25) is 5.91 Å². The monoisotopic (exact) mass is 326 g/mol. The lowest BCUT2D eigenvalue weighted by Gasteiger charge is -2.07. The topological polar surface area (TPSA) is 59.3 Å². The van der Waals surface area contributed by atoms with Gasteiger partial charge in [0.1, 0.15) is 0 Å². The number of carbonyl (C=O) groups is 1. The van der Waals surface area contributed by atoms with Gasteiger partial charge in [-0.3, -0.25) is 9.20 Å². The number of amides is 1. The van der Waals surface area contributed by atoms with Crippen molar-refractivity contribution in [2.24, 2.45) is 5.92 Å². The number of benzene rings is 1. The molecule has 6 heteroatoms. The second-order valence-corrected chi connectivity index (χ2v) is 7.00. The summed E-state index contributed by atoms with van der Waals surface area (Å²) < 4.78 is 2.03. The lowest BCUT2D eigenvalue weighted by atomic mass is 10.1. The first-order valence-corrected chi connectivity index (χ1v) is 8.84. The fourth-order valence-electron chi connectivity index (χ4n) is 2.73. The summed E-state index contributed by atoms with van der Waals surface area (Å²) in [5, 5.41) is 13.4. The minimum absolute atomic E-state index is 0.0649. The molecule has 0 atom stereocenters. The molecule has 1 amide bonds. The minimum atomic E-state index is 0.0649. The van der Waals surface area contributed by atoms with E-state index >= 15 is 0 Å². The zero-order valence-electron chi connectivity index (χ0n) is 13.0. The minimum Gasteiger partial charge on any atom is -0.355 e. The molecule has 1 aliphatic carbocycles. The predicted octanol–water partition coefficient (Wildman–Crippen LogP) is 2.81. The van der Waals surface area contributed by atoms with Gasteiger partial charge in [-0.05, 0) is 43.4 Å². The summed E-state index contributed by atoms with van der Waals surface area (Å²) >= 11 is 1.43. The standard InChI is InChI=1S/C17H18N4OS/c1-11-8-15-19-20-17(21(15)14-5-3-2-4-13(11)14)23-10-16(22)18-9-12-6-7-12/h2-5,8,12H,6-7,9-10H2,1H3,(H,18,22). The average Bonchev–Trinajstić information content (AvgIpc) is 3.31. The van der Waals surface area contributed by atoms with Crippen molar-refractivity contribution in [1.29, 1.82) is 0 Å². The first-order valence-electron chi connectivity index (χ1n) is 7.85. The molecule has 5 nitrogen and oxygen atoms in total. The van der Waals surface area contributed by atoms with Crippen LogP contribution in [0.25, 0.3) is 16.6 Å². The largest absolute Gasteiger partial charge is 0.355 e. The van der Waals surface area contributed by atoms with Crippen LogP contribution in [0.3, 0.4) is 0 Å². The predicted molar refractivity (Wildman–Crippen MR) is 91.7 cm³/mol. The molecule has 0 aliphatic heterocycles. The second kappa shape index (κ2) is 5.85. The highest BCUT2D eigenvalue weighted by Crippen LogP contribution is 2.28. The lowest BCUT2D eigenvalue weighted by molar-refractivity contribution is -0.118. The molecule has 0 spiro atoms. The van der Waals surface area contributed by atoms with Crippen molar-refractivity contribution in [3.63, 3.8) is 0 Å². The number of thioether (sulfide) groups is 1. The number of aryl methyl sites for hydroxylation is 1. The number of para-hydroxylation sites is 1. The molecule has 2 heterocycles. The summed E-state index contributed by atoms with van der Waals surface area (Å²) in [6.45, 7) is 2.89. The fourth-order valence-corrected chi connectivity index (χ4v) is 3.51. The highest BCUT2D eigenvalue weighted by atomic mass is 32.2. The van der Waals surface area contributed by atoms with Crippen LogP contribution in [-0.2, 0) is 4.79 Å². The Morgan fingerprint density at radius 3 is 3.00 bits per heavy atom. The van der Waals surface area contributed by atoms with Crippen LogP contribution in [0.1, 0.15) is 18.4 Å². The highest BCUT2D eigenvalue weighted by molar-refractivity contribution is 7.99. The number of pyridine rings is 1. The summed E-state index contributed by atoms with van der Waals surface area (Å²) in [7, 11) is 0. The first-order chi connectivity index (χ1) is 11.2. The summed E-state index contributed by atoms with van der Waals surface area (Å²) in [6, 6.07) is 10.2. The van der Waals surface area contributed by atoms with E-state index in [9.17, 15) is 4.79 Å². The number of nitrogens with one attached hydrogen (secondary N) is 1. The Morgan fingerprint density at radius 1 is 1.35 bits per heavy atom. The molecule has 0 unspecified atom stereocenters. The van der Waals surface area contributed by atoms with E-state index in [2.05, 4.69) is 34.6 Å². The molecule has 118 valence electrons. The molecular weight excluding hydrogens is 308 g/mol.